The minimum atomic E-state index is 0.251. The standard InChI is InChI=1S/C18H30N2O/c19-16-12-5-4-6-13(16)10-14(9-12)17(21)20-15-11-18(15)7-2-1-3-8-18/h12-16H,1-11,19H2,(H,20,21). The fourth-order valence-electron chi connectivity index (χ4n) is 5.65. The third-order valence-corrected chi connectivity index (χ3v) is 7.14. The van der Waals surface area contributed by atoms with E-state index < -0.39 is 0 Å². The third kappa shape index (κ3) is 2.52. The zero-order valence-electron chi connectivity index (χ0n) is 13.2. The van der Waals surface area contributed by atoms with Crippen LogP contribution in [-0.4, -0.2) is 18.0 Å². The third-order valence-electron chi connectivity index (χ3n) is 7.14. The van der Waals surface area contributed by atoms with Gasteiger partial charge in [-0.15, -0.1) is 0 Å². The number of carbonyl (C=O) groups excluding carboxylic acids is 1. The molecule has 1 spiro atoms. The number of nitrogens with one attached hydrogen (secondary N) is 1. The summed E-state index contributed by atoms with van der Waals surface area (Å²) in [4.78, 5) is 12.7. The second-order valence-electron chi connectivity index (χ2n) is 8.39. The molecule has 3 nitrogen and oxygen atoms in total. The Hall–Kier alpha value is -0.570. The second kappa shape index (κ2) is 5.26. The Kier molecular flexibility index (Phi) is 3.52. The van der Waals surface area contributed by atoms with E-state index in [4.69, 9.17) is 5.73 Å². The molecule has 3 N–H and O–H groups in total. The lowest BCUT2D eigenvalue weighted by atomic mass is 9.65. The van der Waals surface area contributed by atoms with Gasteiger partial charge in [0.15, 0.2) is 0 Å². The molecule has 0 aromatic heterocycles. The summed E-state index contributed by atoms with van der Waals surface area (Å²) in [6, 6.07) is 0.870. The van der Waals surface area contributed by atoms with E-state index in [1.807, 2.05) is 0 Å². The predicted molar refractivity (Wildman–Crippen MR) is 83.6 cm³/mol. The summed E-state index contributed by atoms with van der Waals surface area (Å²) in [6.45, 7) is 0. The molecular formula is C18H30N2O. The number of nitrogens with two attached hydrogens (primary N) is 1. The first-order valence-electron chi connectivity index (χ1n) is 9.24. The highest BCUT2D eigenvalue weighted by molar-refractivity contribution is 5.79. The lowest BCUT2D eigenvalue weighted by molar-refractivity contribution is -0.128. The minimum Gasteiger partial charge on any atom is -0.353 e. The zero-order chi connectivity index (χ0) is 14.4. The van der Waals surface area contributed by atoms with Gasteiger partial charge in [-0.3, -0.25) is 4.79 Å². The van der Waals surface area contributed by atoms with Gasteiger partial charge in [-0.2, -0.15) is 0 Å². The van der Waals surface area contributed by atoms with Gasteiger partial charge in [0.2, 0.25) is 5.91 Å². The van der Waals surface area contributed by atoms with Gasteiger partial charge in [-0.1, -0.05) is 25.7 Å². The van der Waals surface area contributed by atoms with Gasteiger partial charge in [0.25, 0.3) is 0 Å². The summed E-state index contributed by atoms with van der Waals surface area (Å²) in [5.41, 5.74) is 6.85. The van der Waals surface area contributed by atoms with Crippen molar-refractivity contribution in [1.29, 1.82) is 0 Å². The quantitative estimate of drug-likeness (QED) is 0.821. The smallest absolute Gasteiger partial charge is 0.223 e. The maximum Gasteiger partial charge on any atom is 0.223 e. The molecule has 1 amide bonds. The topological polar surface area (TPSA) is 55.1 Å². The Morgan fingerprint density at radius 3 is 2.33 bits per heavy atom. The SMILES string of the molecule is NC1C2CCCC1CC(C(=O)NC1CC13CCCCC3)C2. The average Bonchev–Trinajstić information content (AvgIpc) is 3.10. The van der Waals surface area contributed by atoms with Crippen molar-refractivity contribution < 1.29 is 4.79 Å². The second-order valence-corrected chi connectivity index (χ2v) is 8.39. The van der Waals surface area contributed by atoms with Gasteiger partial charge in [-0.05, 0) is 62.2 Å². The molecule has 4 saturated carbocycles. The molecule has 3 heteroatoms. The van der Waals surface area contributed by atoms with Crippen molar-refractivity contribution in [2.24, 2.45) is 28.9 Å². The van der Waals surface area contributed by atoms with Gasteiger partial charge in [0.1, 0.15) is 0 Å². The Labute approximate surface area is 128 Å². The van der Waals surface area contributed by atoms with Crippen molar-refractivity contribution in [3.05, 3.63) is 0 Å². The van der Waals surface area contributed by atoms with Crippen LogP contribution >= 0.6 is 0 Å². The molecule has 4 aliphatic rings. The Morgan fingerprint density at radius 1 is 1.00 bits per heavy atom. The van der Waals surface area contributed by atoms with Crippen molar-refractivity contribution in [3.63, 3.8) is 0 Å². The molecule has 0 aromatic rings. The van der Waals surface area contributed by atoms with Crippen molar-refractivity contribution in [1.82, 2.24) is 5.32 Å². The summed E-state index contributed by atoms with van der Waals surface area (Å²) < 4.78 is 0. The van der Waals surface area contributed by atoms with Crippen LogP contribution in [0.5, 0.6) is 0 Å². The summed E-state index contributed by atoms with van der Waals surface area (Å²) in [7, 11) is 0. The highest BCUT2D eigenvalue weighted by atomic mass is 16.2. The fraction of sp³-hybridized carbons (Fsp3) is 0.944. The van der Waals surface area contributed by atoms with E-state index in [1.54, 1.807) is 0 Å². The van der Waals surface area contributed by atoms with Crippen LogP contribution in [0, 0.1) is 23.2 Å². The Balaban J connectivity index is 1.34. The summed E-state index contributed by atoms with van der Waals surface area (Å²) in [5, 5.41) is 3.41. The molecule has 0 radical (unpaired) electrons. The van der Waals surface area contributed by atoms with Crippen molar-refractivity contribution in [3.8, 4) is 0 Å². The van der Waals surface area contributed by atoms with Gasteiger partial charge in [0, 0.05) is 18.0 Å². The Bertz CT molecular complexity index is 401. The van der Waals surface area contributed by atoms with E-state index >= 15 is 0 Å². The van der Waals surface area contributed by atoms with Gasteiger partial charge >= 0.3 is 0 Å². The van der Waals surface area contributed by atoms with Crippen LogP contribution in [0.4, 0.5) is 0 Å². The fourth-order valence-corrected chi connectivity index (χ4v) is 5.65. The molecule has 0 saturated heterocycles. The monoisotopic (exact) mass is 290 g/mol. The first-order valence-corrected chi connectivity index (χ1v) is 9.24. The van der Waals surface area contributed by atoms with Crippen molar-refractivity contribution in [2.45, 2.75) is 82.7 Å². The van der Waals surface area contributed by atoms with Crippen LogP contribution < -0.4 is 11.1 Å². The van der Waals surface area contributed by atoms with Crippen LogP contribution in [0.2, 0.25) is 0 Å². The number of amides is 1. The summed E-state index contributed by atoms with van der Waals surface area (Å²) >= 11 is 0. The molecule has 4 rings (SSSR count). The van der Waals surface area contributed by atoms with Crippen LogP contribution in [0.1, 0.15) is 70.6 Å². The minimum absolute atomic E-state index is 0.251. The first-order chi connectivity index (χ1) is 10.2. The normalized spacial score (nSPS) is 44.3. The highest BCUT2D eigenvalue weighted by Crippen LogP contribution is 2.56. The number of hydrogen-bond acceptors (Lipinski definition) is 2. The molecule has 3 unspecified atom stereocenters. The lowest BCUT2D eigenvalue weighted by Crippen LogP contribution is -2.49. The number of rotatable bonds is 2. The van der Waals surface area contributed by atoms with E-state index in [2.05, 4.69) is 5.32 Å². The lowest BCUT2D eigenvalue weighted by Gasteiger charge is -2.43. The van der Waals surface area contributed by atoms with E-state index in [1.165, 1.54) is 57.8 Å². The molecular weight excluding hydrogens is 260 g/mol. The maximum absolute atomic E-state index is 12.7. The average molecular weight is 290 g/mol. The van der Waals surface area contributed by atoms with Gasteiger partial charge < -0.3 is 11.1 Å². The molecule has 3 atom stereocenters. The summed E-state index contributed by atoms with van der Waals surface area (Å²) in [5.74, 6) is 1.82. The van der Waals surface area contributed by atoms with E-state index in [9.17, 15) is 4.79 Å². The molecule has 4 fully saturated rings. The largest absolute Gasteiger partial charge is 0.353 e. The van der Waals surface area contributed by atoms with E-state index in [0.717, 1.165) is 12.8 Å². The van der Waals surface area contributed by atoms with Crippen LogP contribution in [-0.2, 0) is 4.79 Å². The molecule has 2 bridgehead atoms. The first kappa shape index (κ1) is 14.0. The number of carbonyl (C=O) groups is 1. The molecule has 0 aromatic carbocycles. The van der Waals surface area contributed by atoms with Crippen molar-refractivity contribution >= 4 is 5.91 Å². The van der Waals surface area contributed by atoms with Gasteiger partial charge in [-0.25, -0.2) is 0 Å². The van der Waals surface area contributed by atoms with Crippen LogP contribution in [0.3, 0.4) is 0 Å². The predicted octanol–water partition coefficient (Wildman–Crippen LogP) is 2.98. The summed E-state index contributed by atoms with van der Waals surface area (Å²) in [6.07, 6.45) is 14.0. The molecule has 21 heavy (non-hydrogen) atoms. The number of hydrogen-bond donors (Lipinski definition) is 2. The van der Waals surface area contributed by atoms with Gasteiger partial charge in [0.05, 0.1) is 0 Å². The zero-order valence-corrected chi connectivity index (χ0v) is 13.2. The van der Waals surface area contributed by atoms with E-state index in [-0.39, 0.29) is 5.92 Å². The highest BCUT2D eigenvalue weighted by Gasteiger charge is 2.55. The molecule has 4 aliphatic carbocycles. The maximum atomic E-state index is 12.7. The van der Waals surface area contributed by atoms with E-state index in [0.29, 0.717) is 35.2 Å². The Morgan fingerprint density at radius 2 is 1.67 bits per heavy atom. The van der Waals surface area contributed by atoms with Crippen LogP contribution in [0.15, 0.2) is 0 Å². The molecule has 0 aliphatic heterocycles. The number of fused-ring (bicyclic) bond motifs is 2. The molecule has 0 heterocycles. The van der Waals surface area contributed by atoms with Crippen LogP contribution in [0.25, 0.3) is 0 Å². The molecule has 118 valence electrons. The van der Waals surface area contributed by atoms with Crippen molar-refractivity contribution in [2.75, 3.05) is 0 Å².